The predicted molar refractivity (Wildman–Crippen MR) is 79.3 cm³/mol. The van der Waals surface area contributed by atoms with Crippen molar-refractivity contribution >= 4 is 5.78 Å². The van der Waals surface area contributed by atoms with E-state index in [2.05, 4.69) is 17.0 Å². The number of benzene rings is 1. The van der Waals surface area contributed by atoms with Crippen LogP contribution in [0.3, 0.4) is 0 Å². The summed E-state index contributed by atoms with van der Waals surface area (Å²) in [6.45, 7) is 3.01. The van der Waals surface area contributed by atoms with E-state index in [1.165, 1.54) is 5.56 Å². The average molecular weight is 274 g/mol. The molecule has 0 saturated carbocycles. The largest absolute Gasteiger partial charge is 0.383 e. The Kier molecular flexibility index (Phi) is 5.32. The van der Waals surface area contributed by atoms with Gasteiger partial charge in [0.2, 0.25) is 0 Å². The summed E-state index contributed by atoms with van der Waals surface area (Å²) in [6.07, 6.45) is 3.02. The van der Waals surface area contributed by atoms with Gasteiger partial charge in [0.25, 0.3) is 0 Å². The van der Waals surface area contributed by atoms with Gasteiger partial charge in [-0.1, -0.05) is 30.3 Å². The summed E-state index contributed by atoms with van der Waals surface area (Å²) in [4.78, 5) is 16.2. The van der Waals surface area contributed by atoms with Crippen molar-refractivity contribution in [3.8, 4) is 0 Å². The second-order valence-electron chi connectivity index (χ2n) is 5.26. The lowest BCUT2D eigenvalue weighted by molar-refractivity contribution is -0.131. The third-order valence-electron chi connectivity index (χ3n) is 3.25. The van der Waals surface area contributed by atoms with Crippen molar-refractivity contribution in [3.63, 3.8) is 0 Å². The van der Waals surface area contributed by atoms with E-state index < -0.39 is 0 Å². The zero-order valence-electron chi connectivity index (χ0n) is 12.2. The Labute approximate surface area is 120 Å². The lowest BCUT2D eigenvalue weighted by atomic mass is 10.1. The van der Waals surface area contributed by atoms with Crippen LogP contribution in [0.25, 0.3) is 0 Å². The van der Waals surface area contributed by atoms with E-state index in [4.69, 9.17) is 4.74 Å². The van der Waals surface area contributed by atoms with E-state index in [0.717, 1.165) is 13.1 Å². The van der Waals surface area contributed by atoms with Gasteiger partial charge in [-0.05, 0) is 11.6 Å². The van der Waals surface area contributed by atoms with Crippen LogP contribution in [0.2, 0.25) is 0 Å². The van der Waals surface area contributed by atoms with Crippen LogP contribution in [0, 0.1) is 0 Å². The van der Waals surface area contributed by atoms with Gasteiger partial charge in [-0.2, -0.15) is 0 Å². The van der Waals surface area contributed by atoms with Crippen molar-refractivity contribution in [1.29, 1.82) is 0 Å². The van der Waals surface area contributed by atoms with E-state index in [-0.39, 0.29) is 11.9 Å². The molecule has 4 nitrogen and oxygen atoms in total. The van der Waals surface area contributed by atoms with E-state index >= 15 is 0 Å². The molecular formula is C16H22N2O2. The Balaban J connectivity index is 1.90. The van der Waals surface area contributed by atoms with Crippen molar-refractivity contribution in [1.82, 2.24) is 9.80 Å². The molecular weight excluding hydrogens is 252 g/mol. The van der Waals surface area contributed by atoms with Gasteiger partial charge in [-0.15, -0.1) is 0 Å². The third-order valence-corrected chi connectivity index (χ3v) is 3.25. The van der Waals surface area contributed by atoms with Gasteiger partial charge >= 0.3 is 0 Å². The van der Waals surface area contributed by atoms with Gasteiger partial charge in [-0.3, -0.25) is 9.69 Å². The Morgan fingerprint density at radius 3 is 2.85 bits per heavy atom. The Morgan fingerprint density at radius 1 is 1.40 bits per heavy atom. The molecule has 1 aliphatic rings. The molecule has 0 unspecified atom stereocenters. The first-order valence-corrected chi connectivity index (χ1v) is 6.91. The molecule has 108 valence electrons. The zero-order valence-corrected chi connectivity index (χ0v) is 12.2. The highest BCUT2D eigenvalue weighted by molar-refractivity contribution is 5.93. The summed E-state index contributed by atoms with van der Waals surface area (Å²) >= 11 is 0. The summed E-state index contributed by atoms with van der Waals surface area (Å²) < 4.78 is 5.58. The van der Waals surface area contributed by atoms with Gasteiger partial charge in [0.15, 0.2) is 5.78 Å². The molecule has 0 radical (unpaired) electrons. The molecule has 4 heteroatoms. The number of carbonyl (C=O) groups is 1. The lowest BCUT2D eigenvalue weighted by Crippen LogP contribution is -2.45. The quantitative estimate of drug-likeness (QED) is 0.762. The Bertz CT molecular complexity index is 457. The van der Waals surface area contributed by atoms with E-state index in [1.807, 2.05) is 37.2 Å². The zero-order chi connectivity index (χ0) is 14.4. The lowest BCUT2D eigenvalue weighted by Gasteiger charge is -2.31. The van der Waals surface area contributed by atoms with Crippen LogP contribution >= 0.6 is 0 Å². The summed E-state index contributed by atoms with van der Waals surface area (Å²) in [7, 11) is 3.79. The maximum Gasteiger partial charge on any atom is 0.187 e. The molecule has 1 heterocycles. The molecule has 0 bridgehead atoms. The third kappa shape index (κ3) is 4.47. The predicted octanol–water partition coefficient (Wildman–Crippen LogP) is 1.53. The first-order valence-electron chi connectivity index (χ1n) is 6.91. The number of rotatable bonds is 5. The second kappa shape index (κ2) is 7.22. The van der Waals surface area contributed by atoms with Crippen LogP contribution in [0.15, 0.2) is 42.6 Å². The van der Waals surface area contributed by atoms with Gasteiger partial charge in [-0.25, -0.2) is 0 Å². The molecule has 1 atom stereocenters. The maximum absolute atomic E-state index is 12.0. The topological polar surface area (TPSA) is 32.8 Å². The number of hydrogen-bond donors (Lipinski definition) is 0. The molecule has 0 aromatic heterocycles. The number of hydrogen-bond acceptors (Lipinski definition) is 4. The van der Waals surface area contributed by atoms with Crippen molar-refractivity contribution in [3.05, 3.63) is 48.2 Å². The minimum absolute atomic E-state index is 0.0384. The highest BCUT2D eigenvalue weighted by atomic mass is 16.5. The molecule has 1 aromatic rings. The molecule has 1 aliphatic heterocycles. The normalized spacial score (nSPS) is 20.2. The van der Waals surface area contributed by atoms with Crippen molar-refractivity contribution in [2.45, 2.75) is 12.6 Å². The van der Waals surface area contributed by atoms with Gasteiger partial charge in [0.05, 0.1) is 6.61 Å². The van der Waals surface area contributed by atoms with Crippen LogP contribution in [0.5, 0.6) is 0 Å². The fourth-order valence-corrected chi connectivity index (χ4v) is 2.19. The minimum atomic E-state index is -0.344. The van der Waals surface area contributed by atoms with Gasteiger partial charge in [0, 0.05) is 39.9 Å². The van der Waals surface area contributed by atoms with Crippen molar-refractivity contribution < 1.29 is 9.53 Å². The van der Waals surface area contributed by atoms with Crippen LogP contribution in [0.4, 0.5) is 0 Å². The number of carbonyl (C=O) groups excluding carboxylic acids is 1. The molecule has 20 heavy (non-hydrogen) atoms. The van der Waals surface area contributed by atoms with E-state index in [1.54, 1.807) is 12.3 Å². The molecule has 1 saturated heterocycles. The SMILES string of the molecule is CN(C)/C=C\C(=O)[C@@H]1CN(Cc2ccccc2)CCO1. The smallest absolute Gasteiger partial charge is 0.187 e. The fraction of sp³-hybridized carbons (Fsp3) is 0.438. The van der Waals surface area contributed by atoms with Crippen LogP contribution < -0.4 is 0 Å². The highest BCUT2D eigenvalue weighted by Crippen LogP contribution is 2.11. The molecule has 1 aromatic carbocycles. The van der Waals surface area contributed by atoms with E-state index in [0.29, 0.717) is 13.2 Å². The highest BCUT2D eigenvalue weighted by Gasteiger charge is 2.24. The number of ether oxygens (including phenoxy) is 1. The van der Waals surface area contributed by atoms with Crippen molar-refractivity contribution in [2.75, 3.05) is 33.8 Å². The summed E-state index contributed by atoms with van der Waals surface area (Å²) in [6, 6.07) is 10.3. The first-order chi connectivity index (χ1) is 9.65. The maximum atomic E-state index is 12.0. The van der Waals surface area contributed by atoms with Crippen LogP contribution in [-0.2, 0) is 16.1 Å². The minimum Gasteiger partial charge on any atom is -0.383 e. The Morgan fingerprint density at radius 2 is 2.15 bits per heavy atom. The van der Waals surface area contributed by atoms with Crippen LogP contribution in [-0.4, -0.2) is 55.5 Å². The van der Waals surface area contributed by atoms with Crippen molar-refractivity contribution in [2.24, 2.45) is 0 Å². The van der Waals surface area contributed by atoms with E-state index in [9.17, 15) is 4.79 Å². The fourth-order valence-electron chi connectivity index (χ4n) is 2.19. The molecule has 0 N–H and O–H groups in total. The van der Waals surface area contributed by atoms with Gasteiger partial charge in [0.1, 0.15) is 6.10 Å². The van der Waals surface area contributed by atoms with Crippen LogP contribution in [0.1, 0.15) is 5.56 Å². The average Bonchev–Trinajstić information content (AvgIpc) is 2.46. The first kappa shape index (κ1) is 14.8. The number of ketones is 1. The summed E-state index contributed by atoms with van der Waals surface area (Å²) in [5, 5.41) is 0. The Hall–Kier alpha value is -1.65. The summed E-state index contributed by atoms with van der Waals surface area (Å²) in [5.74, 6) is 0.0384. The summed E-state index contributed by atoms with van der Waals surface area (Å²) in [5.41, 5.74) is 1.27. The monoisotopic (exact) mass is 274 g/mol. The molecule has 1 fully saturated rings. The molecule has 0 amide bonds. The molecule has 2 rings (SSSR count). The number of morpholine rings is 1. The number of nitrogens with zero attached hydrogens (tertiary/aromatic N) is 2. The van der Waals surface area contributed by atoms with Gasteiger partial charge < -0.3 is 9.64 Å². The second-order valence-corrected chi connectivity index (χ2v) is 5.26. The molecule has 0 spiro atoms. The standard InChI is InChI=1S/C16H22N2O2/c1-17(2)9-8-15(19)16-13-18(10-11-20-16)12-14-6-4-3-5-7-14/h3-9,16H,10-13H2,1-2H3/b9-8-/t16-/m0/s1. The molecule has 0 aliphatic carbocycles.